The lowest BCUT2D eigenvalue weighted by atomic mass is 9.96. The number of pyridine rings is 1. The second-order valence-corrected chi connectivity index (χ2v) is 7.61. The molecule has 1 aliphatic rings. The van der Waals surface area contributed by atoms with E-state index in [1.807, 2.05) is 0 Å². The lowest BCUT2D eigenvalue weighted by Gasteiger charge is -2.11. The predicted octanol–water partition coefficient (Wildman–Crippen LogP) is 3.93. The Morgan fingerprint density at radius 2 is 1.96 bits per heavy atom. The van der Waals surface area contributed by atoms with Crippen LogP contribution in [0.1, 0.15) is 74.3 Å². The summed E-state index contributed by atoms with van der Waals surface area (Å²) in [5.41, 5.74) is 0.959. The lowest BCUT2D eigenvalue weighted by molar-refractivity contribution is 0.0526. The Hall–Kier alpha value is -2.74. The van der Waals surface area contributed by atoms with Gasteiger partial charge in [-0.15, -0.1) is 11.3 Å². The van der Waals surface area contributed by atoms with Crippen molar-refractivity contribution in [2.75, 3.05) is 11.9 Å². The number of carbonyl (C=O) groups is 3. The normalized spacial score (nSPS) is 13.8. The van der Waals surface area contributed by atoms with Crippen molar-refractivity contribution in [1.29, 1.82) is 0 Å². The minimum atomic E-state index is -1.23. The standard InChI is InChI=1S/C20H22N2O5S/c1-2-27-20(26)15-12-8-5-3-4-6-10-14(12)28-18(15)22-17(23)16-13(19(24)25)9-7-11-21-16/h7,9,11H,2-6,8,10H2,1H3,(H,22,23)(H,24,25). The number of ether oxygens (including phenoxy) is 1. The third kappa shape index (κ3) is 4.22. The number of aromatic nitrogens is 1. The van der Waals surface area contributed by atoms with E-state index in [0.29, 0.717) is 10.6 Å². The number of carbonyl (C=O) groups excluding carboxylic acids is 2. The summed E-state index contributed by atoms with van der Waals surface area (Å²) >= 11 is 1.37. The summed E-state index contributed by atoms with van der Waals surface area (Å²) < 4.78 is 5.22. The van der Waals surface area contributed by atoms with Gasteiger partial charge in [0.05, 0.1) is 17.7 Å². The van der Waals surface area contributed by atoms with Gasteiger partial charge in [-0.05, 0) is 50.3 Å². The second-order valence-electron chi connectivity index (χ2n) is 6.50. The summed E-state index contributed by atoms with van der Waals surface area (Å²) in [6.45, 7) is 1.97. The summed E-state index contributed by atoms with van der Waals surface area (Å²) in [6.07, 6.45) is 7.24. The highest BCUT2D eigenvalue weighted by atomic mass is 32.1. The molecule has 2 aromatic heterocycles. The number of nitrogens with one attached hydrogen (secondary N) is 1. The first kappa shape index (κ1) is 20.0. The van der Waals surface area contributed by atoms with Crippen LogP contribution in [-0.4, -0.2) is 34.5 Å². The number of fused-ring (bicyclic) bond motifs is 1. The van der Waals surface area contributed by atoms with Crippen LogP contribution < -0.4 is 5.32 Å². The molecule has 0 aliphatic heterocycles. The van der Waals surface area contributed by atoms with Gasteiger partial charge in [-0.25, -0.2) is 9.59 Å². The lowest BCUT2D eigenvalue weighted by Crippen LogP contribution is -2.19. The first-order valence-electron chi connectivity index (χ1n) is 9.34. The summed E-state index contributed by atoms with van der Waals surface area (Å²) in [5.74, 6) is -2.35. The van der Waals surface area contributed by atoms with E-state index >= 15 is 0 Å². The van der Waals surface area contributed by atoms with Gasteiger partial charge in [0.1, 0.15) is 10.7 Å². The average Bonchev–Trinajstić information content (AvgIpc) is 2.98. The molecule has 0 saturated carbocycles. The number of esters is 1. The first-order chi connectivity index (χ1) is 13.5. The van der Waals surface area contributed by atoms with Gasteiger partial charge in [-0.2, -0.15) is 0 Å². The third-order valence-corrected chi connectivity index (χ3v) is 5.84. The molecule has 0 aromatic carbocycles. The fraction of sp³-hybridized carbons (Fsp3) is 0.400. The van der Waals surface area contributed by atoms with Crippen LogP contribution in [0.2, 0.25) is 0 Å². The molecule has 0 unspecified atom stereocenters. The molecule has 0 atom stereocenters. The number of anilines is 1. The van der Waals surface area contributed by atoms with E-state index in [1.54, 1.807) is 6.92 Å². The van der Waals surface area contributed by atoms with Crippen molar-refractivity contribution in [3.8, 4) is 0 Å². The zero-order chi connectivity index (χ0) is 20.1. The highest BCUT2D eigenvalue weighted by Crippen LogP contribution is 2.37. The molecule has 0 bridgehead atoms. The van der Waals surface area contributed by atoms with Crippen molar-refractivity contribution in [3.63, 3.8) is 0 Å². The third-order valence-electron chi connectivity index (χ3n) is 4.63. The fourth-order valence-electron chi connectivity index (χ4n) is 3.35. The monoisotopic (exact) mass is 402 g/mol. The maximum Gasteiger partial charge on any atom is 0.341 e. The van der Waals surface area contributed by atoms with Crippen molar-refractivity contribution in [3.05, 3.63) is 45.6 Å². The topological polar surface area (TPSA) is 106 Å². The summed E-state index contributed by atoms with van der Waals surface area (Å²) in [7, 11) is 0. The summed E-state index contributed by atoms with van der Waals surface area (Å²) in [4.78, 5) is 41.7. The van der Waals surface area contributed by atoms with Crippen LogP contribution in [0.3, 0.4) is 0 Å². The van der Waals surface area contributed by atoms with Crippen molar-refractivity contribution >= 4 is 34.2 Å². The molecular weight excluding hydrogens is 380 g/mol. The fourth-order valence-corrected chi connectivity index (χ4v) is 4.62. The van der Waals surface area contributed by atoms with Crippen molar-refractivity contribution < 1.29 is 24.2 Å². The number of nitrogens with zero attached hydrogens (tertiary/aromatic N) is 1. The molecule has 8 heteroatoms. The van der Waals surface area contributed by atoms with Crippen LogP contribution >= 0.6 is 11.3 Å². The number of amides is 1. The maximum absolute atomic E-state index is 12.7. The number of hydrogen-bond acceptors (Lipinski definition) is 6. The SMILES string of the molecule is CCOC(=O)c1c(NC(=O)c2ncccc2C(=O)O)sc2c1CCCCCC2. The first-order valence-corrected chi connectivity index (χ1v) is 10.2. The van der Waals surface area contributed by atoms with E-state index in [9.17, 15) is 19.5 Å². The maximum atomic E-state index is 12.7. The average molecular weight is 402 g/mol. The number of hydrogen-bond donors (Lipinski definition) is 2. The number of carboxylic acid groups (broad SMARTS) is 1. The minimum absolute atomic E-state index is 0.187. The Morgan fingerprint density at radius 3 is 2.68 bits per heavy atom. The molecule has 7 nitrogen and oxygen atoms in total. The Labute approximate surface area is 166 Å². The van der Waals surface area contributed by atoms with Crippen LogP contribution in [0, 0.1) is 0 Å². The highest BCUT2D eigenvalue weighted by Gasteiger charge is 2.27. The smallest absolute Gasteiger partial charge is 0.341 e. The predicted molar refractivity (Wildman–Crippen MR) is 105 cm³/mol. The molecule has 3 rings (SSSR count). The van der Waals surface area contributed by atoms with Crippen molar-refractivity contribution in [2.45, 2.75) is 45.4 Å². The van der Waals surface area contributed by atoms with E-state index in [-0.39, 0.29) is 17.9 Å². The number of carboxylic acids is 1. The highest BCUT2D eigenvalue weighted by molar-refractivity contribution is 7.17. The Balaban J connectivity index is 1.99. The molecule has 0 spiro atoms. The van der Waals surface area contributed by atoms with Gasteiger partial charge in [-0.3, -0.25) is 9.78 Å². The quantitative estimate of drug-likeness (QED) is 0.734. The van der Waals surface area contributed by atoms with E-state index in [2.05, 4.69) is 10.3 Å². The van der Waals surface area contributed by atoms with E-state index in [1.165, 1.54) is 29.7 Å². The van der Waals surface area contributed by atoms with Crippen LogP contribution in [0.25, 0.3) is 0 Å². The Bertz CT molecular complexity index is 906. The van der Waals surface area contributed by atoms with Gasteiger partial charge in [0.15, 0.2) is 0 Å². The number of thiophene rings is 1. The van der Waals surface area contributed by atoms with Gasteiger partial charge in [0.2, 0.25) is 0 Å². The van der Waals surface area contributed by atoms with Gasteiger partial charge in [-0.1, -0.05) is 12.8 Å². The van der Waals surface area contributed by atoms with Crippen molar-refractivity contribution in [1.82, 2.24) is 4.98 Å². The molecule has 148 valence electrons. The van der Waals surface area contributed by atoms with Crippen LogP contribution in [0.15, 0.2) is 18.3 Å². The van der Waals surface area contributed by atoms with Crippen LogP contribution in [-0.2, 0) is 17.6 Å². The van der Waals surface area contributed by atoms with Crippen LogP contribution in [0.4, 0.5) is 5.00 Å². The van der Waals surface area contributed by atoms with Gasteiger partial charge in [0.25, 0.3) is 5.91 Å². The zero-order valence-electron chi connectivity index (χ0n) is 15.6. The number of aromatic carboxylic acids is 1. The molecule has 2 aromatic rings. The van der Waals surface area contributed by atoms with Crippen LogP contribution in [0.5, 0.6) is 0 Å². The van der Waals surface area contributed by atoms with Gasteiger partial charge < -0.3 is 15.2 Å². The molecule has 28 heavy (non-hydrogen) atoms. The second kappa shape index (κ2) is 8.97. The zero-order valence-corrected chi connectivity index (χ0v) is 16.4. The molecule has 2 heterocycles. The molecule has 0 fully saturated rings. The van der Waals surface area contributed by atoms with Gasteiger partial charge >= 0.3 is 11.9 Å². The largest absolute Gasteiger partial charge is 0.478 e. The van der Waals surface area contributed by atoms with E-state index in [0.717, 1.165) is 49.0 Å². The van der Waals surface area contributed by atoms with E-state index in [4.69, 9.17) is 4.74 Å². The number of aryl methyl sites for hydroxylation is 1. The Kier molecular flexibility index (Phi) is 6.41. The molecule has 1 amide bonds. The van der Waals surface area contributed by atoms with E-state index < -0.39 is 17.8 Å². The minimum Gasteiger partial charge on any atom is -0.478 e. The molecular formula is C20H22N2O5S. The summed E-state index contributed by atoms with van der Waals surface area (Å²) in [5, 5.41) is 12.4. The molecule has 0 radical (unpaired) electrons. The molecule has 1 aliphatic carbocycles. The number of rotatable bonds is 5. The summed E-state index contributed by atoms with van der Waals surface area (Å²) in [6, 6.07) is 2.78. The Morgan fingerprint density at radius 1 is 1.21 bits per heavy atom. The molecule has 0 saturated heterocycles. The molecule has 2 N–H and O–H groups in total. The van der Waals surface area contributed by atoms with Gasteiger partial charge in [0, 0.05) is 11.1 Å². The van der Waals surface area contributed by atoms with Crippen molar-refractivity contribution in [2.24, 2.45) is 0 Å².